The van der Waals surface area contributed by atoms with Crippen molar-refractivity contribution in [1.82, 2.24) is 10.3 Å². The molecule has 1 aromatic heterocycles. The van der Waals surface area contributed by atoms with Crippen molar-refractivity contribution in [2.75, 3.05) is 18.0 Å². The van der Waals surface area contributed by atoms with E-state index in [0.29, 0.717) is 0 Å². The molecular formula is C15H26BrN3. The Morgan fingerprint density at radius 3 is 2.53 bits per heavy atom. The number of hydrogen-bond acceptors (Lipinski definition) is 3. The van der Waals surface area contributed by atoms with Gasteiger partial charge >= 0.3 is 0 Å². The van der Waals surface area contributed by atoms with Gasteiger partial charge in [-0.05, 0) is 56.1 Å². The van der Waals surface area contributed by atoms with Crippen LogP contribution < -0.4 is 10.2 Å². The van der Waals surface area contributed by atoms with E-state index in [1.807, 2.05) is 6.20 Å². The van der Waals surface area contributed by atoms with Crippen LogP contribution in [-0.4, -0.2) is 23.6 Å². The second-order valence-corrected chi connectivity index (χ2v) is 6.74. The summed E-state index contributed by atoms with van der Waals surface area (Å²) in [4.78, 5) is 6.95. The Morgan fingerprint density at radius 1 is 1.32 bits per heavy atom. The van der Waals surface area contributed by atoms with Crippen LogP contribution in [0.1, 0.15) is 46.6 Å². The molecule has 0 aliphatic carbocycles. The van der Waals surface area contributed by atoms with Gasteiger partial charge in [0.05, 0.1) is 0 Å². The van der Waals surface area contributed by atoms with Gasteiger partial charge in [0.1, 0.15) is 5.82 Å². The number of hydrogen-bond donors (Lipinski definition) is 1. The van der Waals surface area contributed by atoms with Crippen LogP contribution in [0.2, 0.25) is 0 Å². The van der Waals surface area contributed by atoms with Crippen LogP contribution in [0, 0.1) is 0 Å². The first-order chi connectivity index (χ1) is 8.87. The van der Waals surface area contributed by atoms with E-state index in [9.17, 15) is 0 Å². The number of aromatic nitrogens is 1. The van der Waals surface area contributed by atoms with Gasteiger partial charge in [-0.3, -0.25) is 0 Å². The summed E-state index contributed by atoms with van der Waals surface area (Å²) >= 11 is 3.52. The third-order valence-electron chi connectivity index (χ3n) is 2.89. The SMILES string of the molecule is CCCN(CC)c1ncc(Br)cc1CNC(C)(C)C. The lowest BCUT2D eigenvalue weighted by Gasteiger charge is -2.26. The monoisotopic (exact) mass is 327 g/mol. The van der Waals surface area contributed by atoms with Gasteiger partial charge in [0, 0.05) is 41.4 Å². The van der Waals surface area contributed by atoms with Gasteiger partial charge in [0.25, 0.3) is 0 Å². The minimum atomic E-state index is 0.112. The Bertz CT molecular complexity index is 399. The Labute approximate surface area is 125 Å². The first kappa shape index (κ1) is 16.4. The van der Waals surface area contributed by atoms with E-state index < -0.39 is 0 Å². The van der Waals surface area contributed by atoms with Gasteiger partial charge in [-0.25, -0.2) is 4.98 Å². The first-order valence-electron chi connectivity index (χ1n) is 7.01. The first-order valence-corrected chi connectivity index (χ1v) is 7.81. The summed E-state index contributed by atoms with van der Waals surface area (Å²) in [6.45, 7) is 13.8. The molecule has 0 saturated carbocycles. The molecule has 0 aliphatic heterocycles. The van der Waals surface area contributed by atoms with E-state index in [1.165, 1.54) is 5.56 Å². The standard InChI is InChI=1S/C15H26BrN3/c1-6-8-19(7-2)14-12(9-13(16)11-17-14)10-18-15(3,4)5/h9,11,18H,6-8,10H2,1-5H3. The molecule has 0 fully saturated rings. The Balaban J connectivity index is 2.96. The predicted octanol–water partition coefficient (Wildman–Crippen LogP) is 3.97. The number of rotatable bonds is 6. The van der Waals surface area contributed by atoms with Crippen molar-refractivity contribution >= 4 is 21.7 Å². The van der Waals surface area contributed by atoms with Crippen LogP contribution in [0.15, 0.2) is 16.7 Å². The Morgan fingerprint density at radius 2 is 2.00 bits per heavy atom. The average Bonchev–Trinajstić information content (AvgIpc) is 2.33. The summed E-state index contributed by atoms with van der Waals surface area (Å²) in [5.74, 6) is 1.10. The highest BCUT2D eigenvalue weighted by atomic mass is 79.9. The van der Waals surface area contributed by atoms with Gasteiger partial charge in [-0.2, -0.15) is 0 Å². The molecule has 0 amide bonds. The summed E-state index contributed by atoms with van der Waals surface area (Å²) in [5, 5.41) is 3.54. The fourth-order valence-electron chi connectivity index (χ4n) is 1.93. The molecule has 0 aromatic carbocycles. The van der Waals surface area contributed by atoms with Crippen LogP contribution in [0.25, 0.3) is 0 Å². The van der Waals surface area contributed by atoms with E-state index in [1.54, 1.807) is 0 Å². The fraction of sp³-hybridized carbons (Fsp3) is 0.667. The predicted molar refractivity (Wildman–Crippen MR) is 86.7 cm³/mol. The summed E-state index contributed by atoms with van der Waals surface area (Å²) in [7, 11) is 0. The molecule has 0 aliphatic rings. The molecule has 1 heterocycles. The van der Waals surface area contributed by atoms with Crippen molar-refractivity contribution in [1.29, 1.82) is 0 Å². The quantitative estimate of drug-likeness (QED) is 0.856. The normalized spacial score (nSPS) is 11.7. The van der Waals surface area contributed by atoms with E-state index in [4.69, 9.17) is 0 Å². The van der Waals surface area contributed by atoms with E-state index >= 15 is 0 Å². The van der Waals surface area contributed by atoms with Gasteiger partial charge < -0.3 is 10.2 Å². The Kier molecular flexibility index (Phi) is 6.27. The van der Waals surface area contributed by atoms with Gasteiger partial charge in [-0.15, -0.1) is 0 Å². The van der Waals surface area contributed by atoms with Crippen LogP contribution in [0.5, 0.6) is 0 Å². The summed E-state index contributed by atoms with van der Waals surface area (Å²) < 4.78 is 1.04. The highest BCUT2D eigenvalue weighted by molar-refractivity contribution is 9.10. The molecule has 19 heavy (non-hydrogen) atoms. The number of halogens is 1. The smallest absolute Gasteiger partial charge is 0.133 e. The molecule has 1 aromatic rings. The molecule has 0 bridgehead atoms. The number of pyridine rings is 1. The molecule has 0 saturated heterocycles. The highest BCUT2D eigenvalue weighted by Crippen LogP contribution is 2.22. The molecule has 0 unspecified atom stereocenters. The molecule has 0 spiro atoms. The molecule has 0 atom stereocenters. The molecule has 108 valence electrons. The zero-order valence-corrected chi connectivity index (χ0v) is 14.3. The molecular weight excluding hydrogens is 302 g/mol. The zero-order valence-electron chi connectivity index (χ0n) is 12.8. The van der Waals surface area contributed by atoms with Gasteiger partial charge in [-0.1, -0.05) is 6.92 Å². The second-order valence-electron chi connectivity index (χ2n) is 5.82. The van der Waals surface area contributed by atoms with E-state index in [-0.39, 0.29) is 5.54 Å². The van der Waals surface area contributed by atoms with Crippen LogP contribution in [0.4, 0.5) is 5.82 Å². The molecule has 0 radical (unpaired) electrons. The topological polar surface area (TPSA) is 28.2 Å². The van der Waals surface area contributed by atoms with Crippen LogP contribution in [0.3, 0.4) is 0 Å². The highest BCUT2D eigenvalue weighted by Gasteiger charge is 2.14. The molecule has 4 heteroatoms. The van der Waals surface area contributed by atoms with Gasteiger partial charge in [0.15, 0.2) is 0 Å². The van der Waals surface area contributed by atoms with Crippen molar-refractivity contribution < 1.29 is 0 Å². The maximum atomic E-state index is 4.61. The van der Waals surface area contributed by atoms with E-state index in [2.05, 4.69) is 71.8 Å². The second kappa shape index (κ2) is 7.25. The van der Waals surface area contributed by atoms with E-state index in [0.717, 1.165) is 36.3 Å². The molecule has 3 nitrogen and oxygen atoms in total. The molecule has 1 rings (SSSR count). The maximum Gasteiger partial charge on any atom is 0.133 e. The lowest BCUT2D eigenvalue weighted by Crippen LogP contribution is -2.36. The lowest BCUT2D eigenvalue weighted by molar-refractivity contribution is 0.424. The fourth-order valence-corrected chi connectivity index (χ4v) is 2.31. The van der Waals surface area contributed by atoms with Crippen molar-refractivity contribution in [3.8, 4) is 0 Å². The molecule has 1 N–H and O–H groups in total. The van der Waals surface area contributed by atoms with Gasteiger partial charge in [0.2, 0.25) is 0 Å². The minimum absolute atomic E-state index is 0.112. The third-order valence-corrected chi connectivity index (χ3v) is 3.33. The van der Waals surface area contributed by atoms with Crippen molar-refractivity contribution in [3.63, 3.8) is 0 Å². The zero-order chi connectivity index (χ0) is 14.5. The van der Waals surface area contributed by atoms with Crippen LogP contribution >= 0.6 is 15.9 Å². The third kappa shape index (κ3) is 5.49. The number of anilines is 1. The van der Waals surface area contributed by atoms with Crippen LogP contribution in [-0.2, 0) is 6.54 Å². The van der Waals surface area contributed by atoms with Crippen molar-refractivity contribution in [3.05, 3.63) is 22.3 Å². The Hall–Kier alpha value is -0.610. The summed E-state index contributed by atoms with van der Waals surface area (Å²) in [5.41, 5.74) is 1.36. The average molecular weight is 328 g/mol. The maximum absolute atomic E-state index is 4.61. The number of nitrogens with one attached hydrogen (secondary N) is 1. The number of nitrogens with zero attached hydrogens (tertiary/aromatic N) is 2. The van der Waals surface area contributed by atoms with Crippen molar-refractivity contribution in [2.24, 2.45) is 0 Å². The largest absolute Gasteiger partial charge is 0.357 e. The van der Waals surface area contributed by atoms with Crippen molar-refractivity contribution in [2.45, 2.75) is 53.1 Å². The minimum Gasteiger partial charge on any atom is -0.357 e. The summed E-state index contributed by atoms with van der Waals surface area (Å²) in [6.07, 6.45) is 3.02. The lowest BCUT2D eigenvalue weighted by atomic mass is 10.1. The summed E-state index contributed by atoms with van der Waals surface area (Å²) in [6, 6.07) is 2.17.